The molecular formula is C7H17F3N4NaO3S+. The molecule has 0 aromatic heterocycles. The number of hydrogen-bond donors (Lipinski definition) is 1. The minimum absolute atomic E-state index is 0. The van der Waals surface area contributed by atoms with Crippen LogP contribution in [0.3, 0.4) is 0 Å². The van der Waals surface area contributed by atoms with E-state index in [0.717, 1.165) is 17.4 Å². The average Bonchev–Trinajstić information content (AvgIpc) is 2.08. The van der Waals surface area contributed by atoms with E-state index in [4.69, 9.17) is 18.5 Å². The van der Waals surface area contributed by atoms with Crippen molar-refractivity contribution < 1.29 is 30.6 Å². The molecule has 0 aliphatic rings. The van der Waals surface area contributed by atoms with Crippen LogP contribution in [0.5, 0.6) is 0 Å². The Labute approximate surface area is 132 Å². The van der Waals surface area contributed by atoms with Crippen molar-refractivity contribution in [2.24, 2.45) is 5.11 Å². The monoisotopic (exact) mass is 317 g/mol. The van der Waals surface area contributed by atoms with Gasteiger partial charge in [0.15, 0.2) is 0 Å². The quantitative estimate of drug-likeness (QED) is 0.123. The Morgan fingerprint density at radius 3 is 1.89 bits per heavy atom. The van der Waals surface area contributed by atoms with Gasteiger partial charge >= 0.3 is 45.2 Å². The summed E-state index contributed by atoms with van der Waals surface area (Å²) in [4.78, 5) is 2.67. The molecule has 0 radical (unpaired) electrons. The first-order valence-corrected chi connectivity index (χ1v) is 6.10. The maximum atomic E-state index is 10.7. The van der Waals surface area contributed by atoms with E-state index in [1.54, 1.807) is 0 Å². The SMILES string of the molecule is C[N+](C)(C)CCCN=[N+]=[N-].O=S(=O)(O)C(F)(F)F.[NaH]. The summed E-state index contributed by atoms with van der Waals surface area (Å²) < 4.78 is 58.5. The maximum absolute atomic E-state index is 10.7. The fraction of sp³-hybridized carbons (Fsp3) is 1.00. The van der Waals surface area contributed by atoms with Crippen LogP contribution < -0.4 is 0 Å². The third-order valence-corrected chi connectivity index (χ3v) is 2.03. The van der Waals surface area contributed by atoms with Crippen molar-refractivity contribution in [2.45, 2.75) is 11.9 Å². The van der Waals surface area contributed by atoms with Crippen LogP contribution in [0.2, 0.25) is 0 Å². The van der Waals surface area contributed by atoms with Gasteiger partial charge in [0.25, 0.3) is 0 Å². The second-order valence-electron chi connectivity index (χ2n) is 4.24. The summed E-state index contributed by atoms with van der Waals surface area (Å²) in [5.41, 5.74) is 2.41. The van der Waals surface area contributed by atoms with Gasteiger partial charge in [0.2, 0.25) is 0 Å². The van der Waals surface area contributed by atoms with Crippen molar-refractivity contribution in [3.05, 3.63) is 10.4 Å². The second-order valence-corrected chi connectivity index (χ2v) is 5.66. The van der Waals surface area contributed by atoms with Crippen molar-refractivity contribution in [3.8, 4) is 0 Å². The van der Waals surface area contributed by atoms with Gasteiger partial charge in [-0.3, -0.25) is 4.55 Å². The number of rotatable bonds is 4. The Bertz CT molecular complexity index is 387. The second kappa shape index (κ2) is 9.81. The Morgan fingerprint density at radius 2 is 1.68 bits per heavy atom. The molecule has 0 bridgehead atoms. The first-order chi connectivity index (χ1) is 7.81. The van der Waals surface area contributed by atoms with Crippen LogP contribution in [0.1, 0.15) is 6.42 Å². The van der Waals surface area contributed by atoms with E-state index in [1.807, 2.05) is 0 Å². The van der Waals surface area contributed by atoms with Gasteiger partial charge in [0.1, 0.15) is 0 Å². The molecule has 1 N–H and O–H groups in total. The zero-order valence-corrected chi connectivity index (χ0v) is 11.0. The van der Waals surface area contributed by atoms with Gasteiger partial charge in [-0.05, 0) is 5.53 Å². The molecule has 0 aliphatic carbocycles. The molecule has 12 heteroatoms. The van der Waals surface area contributed by atoms with Crippen molar-refractivity contribution >= 4 is 39.7 Å². The van der Waals surface area contributed by atoms with Crippen molar-refractivity contribution in [2.75, 3.05) is 34.2 Å². The number of azide groups is 1. The van der Waals surface area contributed by atoms with Crippen molar-refractivity contribution in [1.82, 2.24) is 0 Å². The fourth-order valence-electron chi connectivity index (χ4n) is 0.660. The summed E-state index contributed by atoms with van der Waals surface area (Å²) in [5.74, 6) is 0. The van der Waals surface area contributed by atoms with Gasteiger partial charge in [-0.25, -0.2) is 0 Å². The van der Waals surface area contributed by atoms with Crippen LogP contribution in [0.15, 0.2) is 5.11 Å². The molecular weight excluding hydrogens is 300 g/mol. The predicted octanol–water partition coefficient (Wildman–Crippen LogP) is 1.14. The number of alkyl halides is 3. The Hall–Kier alpha value is -0.0300. The average molecular weight is 317 g/mol. The molecule has 7 nitrogen and oxygen atoms in total. The molecule has 0 saturated heterocycles. The Morgan fingerprint density at radius 1 is 1.32 bits per heavy atom. The van der Waals surface area contributed by atoms with Crippen LogP contribution in [0.4, 0.5) is 13.2 Å². The molecule has 0 aliphatic heterocycles. The van der Waals surface area contributed by atoms with Gasteiger partial charge in [-0.1, -0.05) is 5.11 Å². The third kappa shape index (κ3) is 18.0. The number of halogens is 3. The van der Waals surface area contributed by atoms with Gasteiger partial charge in [-0.15, -0.1) is 0 Å². The zero-order valence-electron chi connectivity index (χ0n) is 10.2. The molecule has 0 spiro atoms. The fourth-order valence-corrected chi connectivity index (χ4v) is 0.660. The van der Waals surface area contributed by atoms with Crippen molar-refractivity contribution in [1.29, 1.82) is 0 Å². The van der Waals surface area contributed by atoms with Gasteiger partial charge in [-0.2, -0.15) is 21.6 Å². The first kappa shape index (κ1) is 24.0. The van der Waals surface area contributed by atoms with Gasteiger partial charge < -0.3 is 4.48 Å². The molecule has 0 heterocycles. The van der Waals surface area contributed by atoms with Gasteiger partial charge in [0, 0.05) is 17.9 Å². The summed E-state index contributed by atoms with van der Waals surface area (Å²) >= 11 is 0. The minimum atomic E-state index is -5.84. The van der Waals surface area contributed by atoms with E-state index in [0.29, 0.717) is 6.54 Å². The molecule has 0 aromatic carbocycles. The van der Waals surface area contributed by atoms with E-state index < -0.39 is 15.6 Å². The normalized spacial score (nSPS) is 11.5. The van der Waals surface area contributed by atoms with Crippen LogP contribution >= 0.6 is 0 Å². The van der Waals surface area contributed by atoms with Crippen LogP contribution in [-0.2, 0) is 10.1 Å². The molecule has 0 rings (SSSR count). The zero-order chi connectivity index (χ0) is 15.0. The standard InChI is InChI=1S/C6H15N4.CHF3O3S.Na.H/c1-10(2,3)6-4-5-8-9-7;2-1(3,4)8(5,6)7;;/h4-6H2,1-3H3;(H,5,6,7);;/q+1;;;. The van der Waals surface area contributed by atoms with Crippen molar-refractivity contribution in [3.63, 3.8) is 0 Å². The molecule has 0 amide bonds. The molecule has 110 valence electrons. The topological polar surface area (TPSA) is 103 Å². The van der Waals surface area contributed by atoms with E-state index in [2.05, 4.69) is 31.2 Å². The van der Waals surface area contributed by atoms with E-state index >= 15 is 0 Å². The molecule has 0 saturated carbocycles. The molecule has 0 aromatic rings. The van der Waals surface area contributed by atoms with E-state index in [1.165, 1.54) is 0 Å². The van der Waals surface area contributed by atoms with E-state index in [-0.39, 0.29) is 29.6 Å². The summed E-state index contributed by atoms with van der Waals surface area (Å²) in [6, 6.07) is 0. The molecule has 0 unspecified atom stereocenters. The predicted molar refractivity (Wildman–Crippen MR) is 66.3 cm³/mol. The van der Waals surface area contributed by atoms with Crippen LogP contribution in [0.25, 0.3) is 10.4 Å². The van der Waals surface area contributed by atoms with E-state index in [9.17, 15) is 13.2 Å². The molecule has 0 atom stereocenters. The van der Waals surface area contributed by atoms with Crippen LogP contribution in [0, 0.1) is 0 Å². The number of nitrogens with zero attached hydrogens (tertiary/aromatic N) is 4. The number of hydrogen-bond acceptors (Lipinski definition) is 3. The summed E-state index contributed by atoms with van der Waals surface area (Å²) in [6.07, 6.45) is 0.966. The summed E-state index contributed by atoms with van der Waals surface area (Å²) in [7, 11) is 0.523. The molecule has 0 fully saturated rings. The summed E-state index contributed by atoms with van der Waals surface area (Å²) in [5, 5.41) is 3.45. The summed E-state index contributed by atoms with van der Waals surface area (Å²) in [6.45, 7) is 1.67. The first-order valence-electron chi connectivity index (χ1n) is 4.66. The third-order valence-electron chi connectivity index (χ3n) is 1.44. The van der Waals surface area contributed by atoms with Crippen LogP contribution in [-0.4, -0.2) is 86.8 Å². The number of quaternary nitrogens is 1. The molecule has 19 heavy (non-hydrogen) atoms. The Balaban J connectivity index is -0.000000262. The van der Waals surface area contributed by atoms with Gasteiger partial charge in [0.05, 0.1) is 27.7 Å². The Kier molecular flexibility index (Phi) is 12.4.